The highest BCUT2D eigenvalue weighted by atomic mass is 15.3. The Hall–Kier alpha value is -1.51. The minimum atomic E-state index is 1.02. The number of para-hydroxylation sites is 2. The summed E-state index contributed by atoms with van der Waals surface area (Å²) in [5.74, 6) is 1.02. The van der Waals surface area contributed by atoms with E-state index in [1.807, 2.05) is 37.8 Å². The topological polar surface area (TPSA) is 20.6 Å². The van der Waals surface area contributed by atoms with Crippen LogP contribution in [0.4, 0.5) is 0 Å². The van der Waals surface area contributed by atoms with Gasteiger partial charge in [-0.05, 0) is 6.07 Å². The van der Waals surface area contributed by atoms with Crippen LogP contribution in [0.1, 0.15) is 5.82 Å². The Balaban J connectivity index is 2.97. The lowest BCUT2D eigenvalue weighted by molar-refractivity contribution is -0.744. The molecular formula is C10H13N3+2. The second-order valence-corrected chi connectivity index (χ2v) is 3.22. The molecule has 0 N–H and O–H groups in total. The van der Waals surface area contributed by atoms with Gasteiger partial charge in [0.05, 0.1) is 7.05 Å². The van der Waals surface area contributed by atoms with Crippen molar-refractivity contribution in [2.45, 2.75) is 6.92 Å². The van der Waals surface area contributed by atoms with E-state index in [2.05, 4.69) is 21.8 Å². The second-order valence-electron chi connectivity index (χ2n) is 3.22. The fourth-order valence-electron chi connectivity index (χ4n) is 1.53. The van der Waals surface area contributed by atoms with E-state index >= 15 is 0 Å². The highest BCUT2D eigenvalue weighted by Crippen LogP contribution is 2.02. The van der Waals surface area contributed by atoms with Crippen LogP contribution in [-0.2, 0) is 14.1 Å². The van der Waals surface area contributed by atoms with Crippen LogP contribution in [0.15, 0.2) is 24.3 Å². The van der Waals surface area contributed by atoms with Crippen molar-refractivity contribution in [1.29, 1.82) is 0 Å². The zero-order chi connectivity index (χ0) is 9.42. The molecule has 0 amide bonds. The second kappa shape index (κ2) is 2.76. The largest absolute Gasteiger partial charge is 0.369 e. The Morgan fingerprint density at radius 2 is 1.69 bits per heavy atom. The summed E-state index contributed by atoms with van der Waals surface area (Å²) < 4.78 is 4.00. The van der Waals surface area contributed by atoms with Gasteiger partial charge in [0.2, 0.25) is 10.6 Å². The molecule has 0 saturated carbocycles. The molecule has 2 aromatic rings. The summed E-state index contributed by atoms with van der Waals surface area (Å²) in [7, 11) is 4.00. The molecule has 0 unspecified atom stereocenters. The molecule has 1 heterocycles. The van der Waals surface area contributed by atoms with Crippen LogP contribution in [0.3, 0.4) is 0 Å². The van der Waals surface area contributed by atoms with Crippen LogP contribution in [-0.4, -0.2) is 5.10 Å². The zero-order valence-corrected chi connectivity index (χ0v) is 8.15. The predicted molar refractivity (Wildman–Crippen MR) is 48.8 cm³/mol. The van der Waals surface area contributed by atoms with E-state index in [0.717, 1.165) is 11.3 Å². The maximum absolute atomic E-state index is 4.38. The van der Waals surface area contributed by atoms with Crippen LogP contribution in [0.5, 0.6) is 0 Å². The van der Waals surface area contributed by atoms with Gasteiger partial charge in [-0.25, -0.2) is 4.57 Å². The molecular weight excluding hydrogens is 162 g/mol. The number of aryl methyl sites for hydroxylation is 3. The Bertz CT molecular complexity index is 463. The summed E-state index contributed by atoms with van der Waals surface area (Å²) in [5.41, 5.74) is 2.35. The molecule has 0 bridgehead atoms. The molecule has 0 fully saturated rings. The van der Waals surface area contributed by atoms with Crippen LogP contribution in [0.25, 0.3) is 11.0 Å². The third kappa shape index (κ3) is 1.16. The monoisotopic (exact) mass is 175 g/mol. The van der Waals surface area contributed by atoms with Crippen molar-refractivity contribution in [3.63, 3.8) is 0 Å². The highest BCUT2D eigenvalue weighted by molar-refractivity contribution is 5.66. The molecule has 0 saturated heterocycles. The number of rotatable bonds is 0. The molecule has 1 aromatic carbocycles. The molecule has 3 nitrogen and oxygen atoms in total. The minimum Gasteiger partial charge on any atom is -0.219 e. The van der Waals surface area contributed by atoms with Gasteiger partial charge in [-0.15, -0.1) is 0 Å². The van der Waals surface area contributed by atoms with Crippen molar-refractivity contribution >= 4 is 11.0 Å². The summed E-state index contributed by atoms with van der Waals surface area (Å²) in [5, 5.41) is 4.38. The predicted octanol–water partition coefficient (Wildman–Crippen LogP) is 0.192. The van der Waals surface area contributed by atoms with E-state index in [0.29, 0.717) is 0 Å². The Kier molecular flexibility index (Phi) is 1.72. The van der Waals surface area contributed by atoms with Gasteiger partial charge in [-0.2, -0.15) is 0 Å². The zero-order valence-electron chi connectivity index (χ0n) is 8.15. The van der Waals surface area contributed by atoms with Crippen molar-refractivity contribution in [2.75, 3.05) is 0 Å². The van der Waals surface area contributed by atoms with Gasteiger partial charge in [0.15, 0.2) is 7.05 Å². The fourth-order valence-corrected chi connectivity index (χ4v) is 1.53. The van der Waals surface area contributed by atoms with E-state index in [1.165, 1.54) is 5.52 Å². The normalized spacial score (nSPS) is 10.7. The van der Waals surface area contributed by atoms with Crippen LogP contribution < -0.4 is 9.25 Å². The van der Waals surface area contributed by atoms with Crippen molar-refractivity contribution in [2.24, 2.45) is 14.1 Å². The van der Waals surface area contributed by atoms with Crippen molar-refractivity contribution < 1.29 is 9.25 Å². The molecule has 0 atom stereocenters. The van der Waals surface area contributed by atoms with Gasteiger partial charge in [0.1, 0.15) is 0 Å². The lowest BCUT2D eigenvalue weighted by atomic mass is 10.3. The average molecular weight is 175 g/mol. The van der Waals surface area contributed by atoms with Gasteiger partial charge in [-0.3, -0.25) is 0 Å². The summed E-state index contributed by atoms with van der Waals surface area (Å²) in [6, 6.07) is 8.24. The molecule has 13 heavy (non-hydrogen) atoms. The quantitative estimate of drug-likeness (QED) is 0.524. The summed E-state index contributed by atoms with van der Waals surface area (Å²) in [4.78, 5) is 0. The molecule has 0 radical (unpaired) electrons. The van der Waals surface area contributed by atoms with Crippen LogP contribution in [0, 0.1) is 6.92 Å². The Labute approximate surface area is 77.3 Å². The standard InChI is InChI=1S/C10H13N3/c1-8-11-13(3)10-7-5-4-6-9(10)12(8)2/h4-7H,1-3H3/q+2. The molecule has 0 aliphatic rings. The molecule has 66 valence electrons. The van der Waals surface area contributed by atoms with Crippen molar-refractivity contribution in [3.8, 4) is 0 Å². The SMILES string of the molecule is Cc1n[n+](C)c2ccccc2[n+]1C. The number of aromatic nitrogens is 3. The van der Waals surface area contributed by atoms with Gasteiger partial charge >= 0.3 is 5.82 Å². The van der Waals surface area contributed by atoms with Crippen LogP contribution >= 0.6 is 0 Å². The number of fused-ring (bicyclic) bond motifs is 1. The van der Waals surface area contributed by atoms with Gasteiger partial charge < -0.3 is 0 Å². The van der Waals surface area contributed by atoms with E-state index in [4.69, 9.17) is 0 Å². The van der Waals surface area contributed by atoms with E-state index in [1.54, 1.807) is 0 Å². The minimum absolute atomic E-state index is 1.02. The molecule has 2 rings (SSSR count). The van der Waals surface area contributed by atoms with Gasteiger partial charge in [-0.1, -0.05) is 12.1 Å². The van der Waals surface area contributed by atoms with Crippen molar-refractivity contribution in [3.05, 3.63) is 30.1 Å². The summed E-state index contributed by atoms with van der Waals surface area (Å²) >= 11 is 0. The average Bonchev–Trinajstić information content (AvgIpc) is 2.15. The first-order chi connectivity index (χ1) is 6.20. The first kappa shape index (κ1) is 8.10. The summed E-state index contributed by atoms with van der Waals surface area (Å²) in [6.07, 6.45) is 0. The molecule has 1 aromatic heterocycles. The third-order valence-corrected chi connectivity index (χ3v) is 2.37. The molecule has 3 heteroatoms. The van der Waals surface area contributed by atoms with Gasteiger partial charge in [0.25, 0.3) is 5.52 Å². The third-order valence-electron chi connectivity index (χ3n) is 2.37. The summed E-state index contributed by atoms with van der Waals surface area (Å²) in [6.45, 7) is 2.01. The van der Waals surface area contributed by atoms with E-state index in [9.17, 15) is 0 Å². The smallest absolute Gasteiger partial charge is 0.219 e. The van der Waals surface area contributed by atoms with Crippen LogP contribution in [0.2, 0.25) is 0 Å². The lowest BCUT2D eigenvalue weighted by Crippen LogP contribution is -2.45. The molecule has 0 spiro atoms. The highest BCUT2D eigenvalue weighted by Gasteiger charge is 2.18. The van der Waals surface area contributed by atoms with E-state index < -0.39 is 0 Å². The maximum atomic E-state index is 4.38. The first-order valence-corrected chi connectivity index (χ1v) is 4.32. The number of nitrogens with zero attached hydrogens (tertiary/aromatic N) is 3. The first-order valence-electron chi connectivity index (χ1n) is 4.32. The fraction of sp³-hybridized carbons (Fsp3) is 0.300. The lowest BCUT2D eigenvalue weighted by Gasteiger charge is -1.95. The maximum Gasteiger partial charge on any atom is 0.369 e. The Morgan fingerprint density at radius 3 is 2.38 bits per heavy atom. The van der Waals surface area contributed by atoms with E-state index in [-0.39, 0.29) is 0 Å². The number of hydrogen-bond acceptors (Lipinski definition) is 1. The molecule has 0 aliphatic heterocycles. The van der Waals surface area contributed by atoms with Crippen molar-refractivity contribution in [1.82, 2.24) is 5.10 Å². The number of benzene rings is 1. The molecule has 0 aliphatic carbocycles. The Morgan fingerprint density at radius 1 is 1.08 bits per heavy atom. The number of hydrogen-bond donors (Lipinski definition) is 0. The van der Waals surface area contributed by atoms with Gasteiger partial charge in [0, 0.05) is 17.7 Å².